The normalized spacial score (nSPS) is 18.2. The zero-order valence-corrected chi connectivity index (χ0v) is 10.3. The second-order valence-electron chi connectivity index (χ2n) is 4.63. The summed E-state index contributed by atoms with van der Waals surface area (Å²) in [5, 5.41) is 3.22. The fraction of sp³-hybridized carbons (Fsp3) is 0.750. The summed E-state index contributed by atoms with van der Waals surface area (Å²) in [5.41, 5.74) is 0.0198. The number of piperidine rings is 1. The molecule has 0 aliphatic carbocycles. The summed E-state index contributed by atoms with van der Waals surface area (Å²) >= 11 is 0. The van der Waals surface area contributed by atoms with Gasteiger partial charge in [0.1, 0.15) is 0 Å². The van der Waals surface area contributed by atoms with E-state index in [-0.39, 0.29) is 18.0 Å². The van der Waals surface area contributed by atoms with E-state index in [2.05, 4.69) is 10.3 Å². The number of nitrogens with zero attached hydrogens (tertiary/aromatic N) is 1. The summed E-state index contributed by atoms with van der Waals surface area (Å²) in [6, 6.07) is 0. The third kappa shape index (κ3) is 3.04. The van der Waals surface area contributed by atoms with Crippen molar-refractivity contribution in [2.24, 2.45) is 5.92 Å². The van der Waals surface area contributed by atoms with Gasteiger partial charge in [-0.05, 0) is 38.3 Å². The molecule has 1 fully saturated rings. The molecule has 0 amide bonds. The molecule has 0 radical (unpaired) electrons. The highest BCUT2D eigenvalue weighted by Gasteiger charge is 2.39. The monoisotopic (exact) mass is 262 g/mol. The van der Waals surface area contributed by atoms with Gasteiger partial charge in [-0.2, -0.15) is 13.2 Å². The largest absolute Gasteiger partial charge is 0.451 e. The van der Waals surface area contributed by atoms with Gasteiger partial charge in [-0.15, -0.1) is 0 Å². The van der Waals surface area contributed by atoms with E-state index in [0.717, 1.165) is 25.9 Å². The molecule has 1 N–H and O–H groups in total. The van der Waals surface area contributed by atoms with Gasteiger partial charge in [-0.25, -0.2) is 4.98 Å². The van der Waals surface area contributed by atoms with Crippen LogP contribution < -0.4 is 5.32 Å². The zero-order chi connectivity index (χ0) is 13.2. The van der Waals surface area contributed by atoms with Crippen molar-refractivity contribution in [2.45, 2.75) is 38.8 Å². The summed E-state index contributed by atoms with van der Waals surface area (Å²) in [5.74, 6) is -0.323. The lowest BCUT2D eigenvalue weighted by atomic mass is 9.95. The van der Waals surface area contributed by atoms with Crippen LogP contribution in [0.2, 0.25) is 0 Å². The quantitative estimate of drug-likeness (QED) is 0.910. The van der Waals surface area contributed by atoms with Gasteiger partial charge in [-0.3, -0.25) is 0 Å². The third-order valence-corrected chi connectivity index (χ3v) is 3.26. The van der Waals surface area contributed by atoms with Crippen LogP contribution in [0.3, 0.4) is 0 Å². The van der Waals surface area contributed by atoms with Crippen molar-refractivity contribution in [2.75, 3.05) is 13.1 Å². The number of rotatable bonds is 3. The summed E-state index contributed by atoms with van der Waals surface area (Å²) in [6.07, 6.45) is -1.77. The number of alkyl halides is 3. The Hall–Kier alpha value is -1.04. The lowest BCUT2D eigenvalue weighted by Crippen LogP contribution is -2.28. The van der Waals surface area contributed by atoms with E-state index in [0.29, 0.717) is 12.3 Å². The molecule has 3 nitrogen and oxygen atoms in total. The number of halogens is 3. The van der Waals surface area contributed by atoms with Crippen LogP contribution in [0.15, 0.2) is 4.42 Å². The predicted octanol–water partition coefficient (Wildman–Crippen LogP) is 2.80. The van der Waals surface area contributed by atoms with E-state index >= 15 is 0 Å². The van der Waals surface area contributed by atoms with E-state index in [1.165, 1.54) is 0 Å². The van der Waals surface area contributed by atoms with Gasteiger partial charge in [-0.1, -0.05) is 6.92 Å². The lowest BCUT2D eigenvalue weighted by molar-refractivity contribution is -0.154. The molecule has 2 rings (SSSR count). The smallest absolute Gasteiger partial charge is 0.436 e. The van der Waals surface area contributed by atoms with Crippen LogP contribution in [0.1, 0.15) is 37.1 Å². The molecule has 1 aromatic rings. The van der Waals surface area contributed by atoms with Gasteiger partial charge in [0.25, 0.3) is 0 Å². The number of hydrogen-bond acceptors (Lipinski definition) is 3. The molecule has 0 unspecified atom stereocenters. The Bertz CT molecular complexity index is 395. The summed E-state index contributed by atoms with van der Waals surface area (Å²) in [7, 11) is 0. The first-order chi connectivity index (χ1) is 8.50. The molecule has 0 aromatic carbocycles. The van der Waals surface area contributed by atoms with Gasteiger partial charge in [0.05, 0.1) is 5.69 Å². The molecular weight excluding hydrogens is 245 g/mol. The standard InChI is InChI=1S/C12H17F3N2O/c1-2-9-11(12(13,14)15)18-10(17-9)7-8-3-5-16-6-4-8/h8,16H,2-7H2,1H3. The van der Waals surface area contributed by atoms with Crippen LogP contribution >= 0.6 is 0 Å². The van der Waals surface area contributed by atoms with E-state index < -0.39 is 11.9 Å². The first-order valence-corrected chi connectivity index (χ1v) is 6.27. The number of aryl methyl sites for hydroxylation is 1. The van der Waals surface area contributed by atoms with E-state index in [1.807, 2.05) is 0 Å². The highest BCUT2D eigenvalue weighted by Crippen LogP contribution is 2.33. The Balaban J connectivity index is 2.11. The summed E-state index contributed by atoms with van der Waals surface area (Å²) in [6.45, 7) is 3.48. The zero-order valence-electron chi connectivity index (χ0n) is 10.3. The van der Waals surface area contributed by atoms with Crippen LogP contribution in [0, 0.1) is 5.92 Å². The maximum absolute atomic E-state index is 12.7. The Morgan fingerprint density at radius 1 is 1.33 bits per heavy atom. The van der Waals surface area contributed by atoms with Crippen molar-refractivity contribution >= 4 is 0 Å². The number of oxazole rings is 1. The number of hydrogen-bond donors (Lipinski definition) is 1. The third-order valence-electron chi connectivity index (χ3n) is 3.26. The molecule has 102 valence electrons. The summed E-state index contributed by atoms with van der Waals surface area (Å²) in [4.78, 5) is 3.98. The van der Waals surface area contributed by atoms with Crippen molar-refractivity contribution in [1.82, 2.24) is 10.3 Å². The van der Waals surface area contributed by atoms with E-state index in [1.54, 1.807) is 6.92 Å². The maximum Gasteiger partial charge on any atom is 0.451 e. The van der Waals surface area contributed by atoms with Gasteiger partial charge in [0, 0.05) is 6.42 Å². The second-order valence-corrected chi connectivity index (χ2v) is 4.63. The minimum absolute atomic E-state index is 0.0198. The average molecular weight is 262 g/mol. The summed E-state index contributed by atoms with van der Waals surface area (Å²) < 4.78 is 43.0. The van der Waals surface area contributed by atoms with E-state index in [4.69, 9.17) is 4.42 Å². The fourth-order valence-corrected chi connectivity index (χ4v) is 2.28. The van der Waals surface area contributed by atoms with Crippen molar-refractivity contribution in [3.63, 3.8) is 0 Å². The Kier molecular flexibility index (Phi) is 3.94. The average Bonchev–Trinajstić information content (AvgIpc) is 2.73. The first-order valence-electron chi connectivity index (χ1n) is 6.27. The molecule has 0 atom stereocenters. The topological polar surface area (TPSA) is 38.1 Å². The molecule has 0 saturated carbocycles. The molecule has 0 bridgehead atoms. The van der Waals surface area contributed by atoms with Crippen molar-refractivity contribution < 1.29 is 17.6 Å². The SMILES string of the molecule is CCc1nc(CC2CCNCC2)oc1C(F)(F)F. The van der Waals surface area contributed by atoms with Gasteiger partial charge >= 0.3 is 6.18 Å². The van der Waals surface area contributed by atoms with Crippen LogP contribution in [-0.4, -0.2) is 18.1 Å². The predicted molar refractivity (Wildman–Crippen MR) is 60.2 cm³/mol. The minimum Gasteiger partial charge on any atom is -0.436 e. The van der Waals surface area contributed by atoms with E-state index in [9.17, 15) is 13.2 Å². The Morgan fingerprint density at radius 2 is 2.00 bits per heavy atom. The Labute approximate surface area is 104 Å². The van der Waals surface area contributed by atoms with Gasteiger partial charge < -0.3 is 9.73 Å². The highest BCUT2D eigenvalue weighted by molar-refractivity contribution is 5.13. The molecule has 1 aliphatic heterocycles. The van der Waals surface area contributed by atoms with Crippen molar-refractivity contribution in [3.8, 4) is 0 Å². The molecule has 0 spiro atoms. The first kappa shape index (κ1) is 13.4. The number of nitrogens with one attached hydrogen (secondary N) is 1. The molecule has 2 heterocycles. The molecule has 18 heavy (non-hydrogen) atoms. The van der Waals surface area contributed by atoms with Crippen LogP contribution in [0.25, 0.3) is 0 Å². The number of aromatic nitrogens is 1. The highest BCUT2D eigenvalue weighted by atomic mass is 19.4. The second kappa shape index (κ2) is 5.30. The molecule has 1 aliphatic rings. The minimum atomic E-state index is -4.44. The Morgan fingerprint density at radius 3 is 2.50 bits per heavy atom. The van der Waals surface area contributed by atoms with Gasteiger partial charge in [0.2, 0.25) is 5.76 Å². The van der Waals surface area contributed by atoms with Crippen LogP contribution in [0.4, 0.5) is 13.2 Å². The maximum atomic E-state index is 12.7. The molecule has 1 saturated heterocycles. The molecular formula is C12H17F3N2O. The van der Waals surface area contributed by atoms with Crippen LogP contribution in [0.5, 0.6) is 0 Å². The molecule has 1 aromatic heterocycles. The van der Waals surface area contributed by atoms with Crippen molar-refractivity contribution in [3.05, 3.63) is 17.3 Å². The lowest BCUT2D eigenvalue weighted by Gasteiger charge is -2.20. The van der Waals surface area contributed by atoms with Crippen molar-refractivity contribution in [1.29, 1.82) is 0 Å². The van der Waals surface area contributed by atoms with Crippen LogP contribution in [-0.2, 0) is 19.0 Å². The fourth-order valence-electron chi connectivity index (χ4n) is 2.28. The van der Waals surface area contributed by atoms with Gasteiger partial charge in [0.15, 0.2) is 5.89 Å². The molecule has 6 heteroatoms.